The van der Waals surface area contributed by atoms with E-state index in [-0.39, 0.29) is 25.7 Å². The van der Waals surface area contributed by atoms with Crippen molar-refractivity contribution >= 4 is 15.7 Å². The van der Waals surface area contributed by atoms with Crippen molar-refractivity contribution in [3.63, 3.8) is 0 Å². The second kappa shape index (κ2) is 8.72. The summed E-state index contributed by atoms with van der Waals surface area (Å²) in [7, 11) is -4.05. The molecule has 0 saturated heterocycles. The Labute approximate surface area is 179 Å². The Morgan fingerprint density at radius 2 is 1.62 bits per heavy atom. The first kappa shape index (κ1) is 24.0. The topological polar surface area (TPSA) is 76.1 Å². The molecule has 12 heteroatoms. The third-order valence-electron chi connectivity index (χ3n) is 5.31. The standard InChI is InChI=1S/C20H18F6N2O3S/c21-19(22,23)12-2-1-3-15(10-12)32(30,31)14-6-4-13(5-7-14)28-18(29)16-11-27-9-8-17(16)20(24,25)26/h1-3,8-11,13-14H,4-7H2,(H,28,29). The molecular weight excluding hydrogens is 462 g/mol. The van der Waals surface area contributed by atoms with E-state index < -0.39 is 61.0 Å². The molecule has 0 unspecified atom stereocenters. The van der Waals surface area contributed by atoms with Gasteiger partial charge in [-0.05, 0) is 49.9 Å². The van der Waals surface area contributed by atoms with Crippen LogP contribution in [0, 0.1) is 0 Å². The summed E-state index contributed by atoms with van der Waals surface area (Å²) in [5.41, 5.74) is -2.85. The summed E-state index contributed by atoms with van der Waals surface area (Å²) >= 11 is 0. The number of sulfone groups is 1. The number of halogens is 6. The third-order valence-corrected chi connectivity index (χ3v) is 7.57. The van der Waals surface area contributed by atoms with Crippen molar-refractivity contribution < 1.29 is 39.6 Å². The van der Waals surface area contributed by atoms with Gasteiger partial charge in [-0.1, -0.05) is 6.07 Å². The summed E-state index contributed by atoms with van der Waals surface area (Å²) in [6, 6.07) is 3.60. The molecular formula is C20H18F6N2O3S. The van der Waals surface area contributed by atoms with E-state index in [4.69, 9.17) is 0 Å². The summed E-state index contributed by atoms with van der Waals surface area (Å²) in [5.74, 6) is -0.977. The molecule has 0 aliphatic heterocycles. The van der Waals surface area contributed by atoms with Crippen LogP contribution in [0.3, 0.4) is 0 Å². The van der Waals surface area contributed by atoms with E-state index in [1.807, 2.05) is 0 Å². The van der Waals surface area contributed by atoms with E-state index in [1.165, 1.54) is 0 Å². The van der Waals surface area contributed by atoms with Gasteiger partial charge in [-0.25, -0.2) is 8.42 Å². The predicted octanol–water partition coefficient (Wildman–Crippen LogP) is 4.63. The van der Waals surface area contributed by atoms with Gasteiger partial charge in [0.25, 0.3) is 5.91 Å². The largest absolute Gasteiger partial charge is 0.417 e. The predicted molar refractivity (Wildman–Crippen MR) is 101 cm³/mol. The van der Waals surface area contributed by atoms with Crippen molar-refractivity contribution in [2.24, 2.45) is 0 Å². The minimum atomic E-state index is -4.74. The maximum Gasteiger partial charge on any atom is 0.417 e. The molecule has 0 atom stereocenters. The molecule has 1 heterocycles. The van der Waals surface area contributed by atoms with Gasteiger partial charge >= 0.3 is 12.4 Å². The molecule has 0 bridgehead atoms. The highest BCUT2D eigenvalue weighted by Gasteiger charge is 2.38. The first-order chi connectivity index (χ1) is 14.8. The number of rotatable bonds is 4. The Bertz CT molecular complexity index is 1090. The molecule has 2 aromatic rings. The van der Waals surface area contributed by atoms with Crippen LogP contribution in [0.15, 0.2) is 47.6 Å². The van der Waals surface area contributed by atoms with Crippen molar-refractivity contribution in [1.29, 1.82) is 0 Å². The molecule has 0 radical (unpaired) electrons. The number of alkyl halides is 6. The van der Waals surface area contributed by atoms with Crippen LogP contribution in [-0.4, -0.2) is 30.6 Å². The summed E-state index contributed by atoms with van der Waals surface area (Å²) in [6.45, 7) is 0. The van der Waals surface area contributed by atoms with Crippen LogP contribution >= 0.6 is 0 Å². The first-order valence-corrected chi connectivity index (χ1v) is 11.1. The Morgan fingerprint density at radius 3 is 2.22 bits per heavy atom. The third kappa shape index (κ3) is 5.22. The number of nitrogens with zero attached hydrogens (tertiary/aromatic N) is 1. The number of pyridine rings is 1. The number of nitrogens with one attached hydrogen (secondary N) is 1. The zero-order valence-electron chi connectivity index (χ0n) is 16.4. The molecule has 3 rings (SSSR count). The zero-order valence-corrected chi connectivity index (χ0v) is 17.2. The molecule has 1 N–H and O–H groups in total. The van der Waals surface area contributed by atoms with Gasteiger partial charge in [-0.3, -0.25) is 9.78 Å². The van der Waals surface area contributed by atoms with Crippen LogP contribution in [0.25, 0.3) is 0 Å². The molecule has 1 aliphatic carbocycles. The lowest BCUT2D eigenvalue weighted by molar-refractivity contribution is -0.138. The van der Waals surface area contributed by atoms with Crippen LogP contribution in [-0.2, 0) is 22.2 Å². The van der Waals surface area contributed by atoms with Crippen molar-refractivity contribution in [3.8, 4) is 0 Å². The van der Waals surface area contributed by atoms with Gasteiger partial charge < -0.3 is 5.32 Å². The van der Waals surface area contributed by atoms with Crippen molar-refractivity contribution in [2.45, 2.75) is 54.2 Å². The molecule has 1 fully saturated rings. The van der Waals surface area contributed by atoms with Gasteiger partial charge in [-0.15, -0.1) is 0 Å². The average molecular weight is 480 g/mol. The highest BCUT2D eigenvalue weighted by Crippen LogP contribution is 2.34. The quantitative estimate of drug-likeness (QED) is 0.648. The van der Waals surface area contributed by atoms with Gasteiger partial charge in [0.15, 0.2) is 9.84 Å². The fraction of sp³-hybridized carbons (Fsp3) is 0.400. The van der Waals surface area contributed by atoms with Gasteiger partial charge in [0.2, 0.25) is 0 Å². The second-order valence-corrected chi connectivity index (χ2v) is 9.66. The number of benzene rings is 1. The van der Waals surface area contributed by atoms with E-state index >= 15 is 0 Å². The van der Waals surface area contributed by atoms with Crippen LogP contribution in [0.4, 0.5) is 26.3 Å². The average Bonchev–Trinajstić information content (AvgIpc) is 2.73. The number of carbonyl (C=O) groups excluding carboxylic acids is 1. The smallest absolute Gasteiger partial charge is 0.349 e. The number of hydrogen-bond donors (Lipinski definition) is 1. The highest BCUT2D eigenvalue weighted by molar-refractivity contribution is 7.92. The lowest BCUT2D eigenvalue weighted by Crippen LogP contribution is -2.40. The van der Waals surface area contributed by atoms with Crippen molar-refractivity contribution in [3.05, 3.63) is 59.4 Å². The van der Waals surface area contributed by atoms with E-state index in [2.05, 4.69) is 10.3 Å². The minimum Gasteiger partial charge on any atom is -0.349 e. The van der Waals surface area contributed by atoms with Crippen LogP contribution < -0.4 is 5.32 Å². The van der Waals surface area contributed by atoms with Crippen molar-refractivity contribution in [2.75, 3.05) is 0 Å². The minimum absolute atomic E-state index is 0.0443. The Balaban J connectivity index is 1.68. The van der Waals surface area contributed by atoms with Gasteiger partial charge in [0.05, 0.1) is 26.8 Å². The zero-order chi connectivity index (χ0) is 23.7. The Kier molecular flexibility index (Phi) is 6.55. The molecule has 1 aromatic carbocycles. The van der Waals surface area contributed by atoms with Crippen LogP contribution in [0.5, 0.6) is 0 Å². The molecule has 174 valence electrons. The summed E-state index contributed by atoms with van der Waals surface area (Å²) < 4.78 is 104. The number of hydrogen-bond acceptors (Lipinski definition) is 4. The fourth-order valence-corrected chi connectivity index (χ4v) is 5.48. The molecule has 1 saturated carbocycles. The summed E-state index contributed by atoms with van der Waals surface area (Å²) in [5, 5.41) is 1.51. The Morgan fingerprint density at radius 1 is 0.969 bits per heavy atom. The summed E-state index contributed by atoms with van der Waals surface area (Å²) in [4.78, 5) is 15.5. The molecule has 32 heavy (non-hydrogen) atoms. The lowest BCUT2D eigenvalue weighted by atomic mass is 9.94. The van der Waals surface area contributed by atoms with Crippen LogP contribution in [0.2, 0.25) is 0 Å². The molecule has 1 aromatic heterocycles. The maximum absolute atomic E-state index is 13.1. The fourth-order valence-electron chi connectivity index (χ4n) is 3.65. The summed E-state index contributed by atoms with van der Waals surface area (Å²) in [6.07, 6.45) is -7.31. The van der Waals surface area contributed by atoms with Gasteiger partial charge in [0, 0.05) is 18.4 Å². The SMILES string of the molecule is O=C(NC1CCC(S(=O)(=O)c2cccc(C(F)(F)F)c2)CC1)c1cnccc1C(F)(F)F. The van der Waals surface area contributed by atoms with E-state index in [1.54, 1.807) is 0 Å². The van der Waals surface area contributed by atoms with Crippen molar-refractivity contribution in [1.82, 2.24) is 10.3 Å². The Hall–Kier alpha value is -2.63. The lowest BCUT2D eigenvalue weighted by Gasteiger charge is -2.29. The second-order valence-electron chi connectivity index (χ2n) is 7.44. The number of carbonyl (C=O) groups is 1. The van der Waals surface area contributed by atoms with Gasteiger partial charge in [0.1, 0.15) is 0 Å². The monoisotopic (exact) mass is 480 g/mol. The first-order valence-electron chi connectivity index (χ1n) is 9.53. The van der Waals surface area contributed by atoms with E-state index in [9.17, 15) is 39.6 Å². The number of aromatic nitrogens is 1. The van der Waals surface area contributed by atoms with Gasteiger partial charge in [-0.2, -0.15) is 26.3 Å². The van der Waals surface area contributed by atoms with Crippen LogP contribution in [0.1, 0.15) is 47.2 Å². The number of amides is 1. The molecule has 1 aliphatic rings. The molecule has 5 nitrogen and oxygen atoms in total. The highest BCUT2D eigenvalue weighted by atomic mass is 32.2. The normalized spacial score (nSPS) is 20.1. The van der Waals surface area contributed by atoms with E-state index in [0.29, 0.717) is 12.1 Å². The van der Waals surface area contributed by atoms with E-state index in [0.717, 1.165) is 30.6 Å². The molecule has 0 spiro atoms. The maximum atomic E-state index is 13.1. The molecule has 1 amide bonds.